The van der Waals surface area contributed by atoms with Gasteiger partial charge in [0.15, 0.2) is 5.65 Å². The molecule has 4 aromatic rings. The van der Waals surface area contributed by atoms with Crippen molar-refractivity contribution in [2.24, 2.45) is 0 Å². The number of nitrogens with one attached hydrogen (secondary N) is 1. The van der Waals surface area contributed by atoms with E-state index in [1.165, 1.54) is 0 Å². The Kier molecular flexibility index (Phi) is 3.67. The van der Waals surface area contributed by atoms with Gasteiger partial charge in [0.05, 0.1) is 23.8 Å². The average molecular weight is 315 g/mol. The summed E-state index contributed by atoms with van der Waals surface area (Å²) < 4.78 is 1.85. The minimum atomic E-state index is 0.867. The van der Waals surface area contributed by atoms with Gasteiger partial charge < -0.3 is 5.32 Å². The number of anilines is 2. The number of nitrogens with zero attached hydrogens (tertiary/aromatic N) is 4. The van der Waals surface area contributed by atoms with Crippen molar-refractivity contribution in [1.82, 2.24) is 19.6 Å². The molecule has 0 spiro atoms. The molecule has 0 saturated heterocycles. The van der Waals surface area contributed by atoms with Crippen molar-refractivity contribution >= 4 is 17.2 Å². The smallest absolute Gasteiger partial charge is 0.161 e. The maximum absolute atomic E-state index is 4.82. The summed E-state index contributed by atoms with van der Waals surface area (Å²) >= 11 is 0. The number of hydrogen-bond acceptors (Lipinski definition) is 4. The van der Waals surface area contributed by atoms with Crippen molar-refractivity contribution in [3.05, 3.63) is 72.7 Å². The molecule has 3 aromatic heterocycles. The van der Waals surface area contributed by atoms with Crippen molar-refractivity contribution in [2.45, 2.75) is 13.3 Å². The predicted octanol–water partition coefficient (Wildman–Crippen LogP) is 4.10. The van der Waals surface area contributed by atoms with Crippen LogP contribution < -0.4 is 5.32 Å². The van der Waals surface area contributed by atoms with Crippen LogP contribution in [-0.2, 0) is 6.42 Å². The summed E-state index contributed by atoms with van der Waals surface area (Å²) in [5.41, 5.74) is 4.92. The Morgan fingerprint density at radius 2 is 1.92 bits per heavy atom. The highest BCUT2D eigenvalue weighted by atomic mass is 15.3. The molecule has 0 aliphatic carbocycles. The molecule has 118 valence electrons. The molecule has 0 atom stereocenters. The SMILES string of the molecule is CCc1cnn2c(Nc3cccnc3)cc(-c3ccccc3)nc12. The molecule has 5 heteroatoms. The highest BCUT2D eigenvalue weighted by Gasteiger charge is 2.12. The quantitative estimate of drug-likeness (QED) is 0.616. The van der Waals surface area contributed by atoms with Crippen molar-refractivity contribution in [1.29, 1.82) is 0 Å². The summed E-state index contributed by atoms with van der Waals surface area (Å²) in [6.07, 6.45) is 6.32. The number of rotatable bonds is 4. The third-order valence-corrected chi connectivity index (χ3v) is 3.93. The van der Waals surface area contributed by atoms with E-state index in [2.05, 4.69) is 34.5 Å². The molecule has 0 bridgehead atoms. The molecule has 0 amide bonds. The summed E-state index contributed by atoms with van der Waals surface area (Å²) in [6, 6.07) is 16.1. The predicted molar refractivity (Wildman–Crippen MR) is 95.3 cm³/mol. The van der Waals surface area contributed by atoms with E-state index in [0.29, 0.717) is 0 Å². The van der Waals surface area contributed by atoms with Crippen LogP contribution in [0.25, 0.3) is 16.9 Å². The van der Waals surface area contributed by atoms with E-state index in [1.807, 2.05) is 47.1 Å². The van der Waals surface area contributed by atoms with Crippen molar-refractivity contribution in [2.75, 3.05) is 5.32 Å². The zero-order valence-electron chi connectivity index (χ0n) is 13.3. The molecule has 1 N–H and O–H groups in total. The molecule has 0 aliphatic heterocycles. The van der Waals surface area contributed by atoms with Crippen molar-refractivity contribution < 1.29 is 0 Å². The Morgan fingerprint density at radius 1 is 1.04 bits per heavy atom. The second kappa shape index (κ2) is 6.12. The molecule has 5 nitrogen and oxygen atoms in total. The Balaban J connectivity index is 1.89. The van der Waals surface area contributed by atoms with Crippen LogP contribution in [0.2, 0.25) is 0 Å². The van der Waals surface area contributed by atoms with Crippen LogP contribution in [-0.4, -0.2) is 19.6 Å². The number of aryl methyl sites for hydroxylation is 1. The number of pyridine rings is 1. The van der Waals surface area contributed by atoms with Gasteiger partial charge in [-0.05, 0) is 18.6 Å². The van der Waals surface area contributed by atoms with Crippen LogP contribution in [0.3, 0.4) is 0 Å². The van der Waals surface area contributed by atoms with Crippen LogP contribution in [0.1, 0.15) is 12.5 Å². The fourth-order valence-electron chi connectivity index (χ4n) is 2.69. The van der Waals surface area contributed by atoms with Gasteiger partial charge in [-0.1, -0.05) is 37.3 Å². The summed E-state index contributed by atoms with van der Waals surface area (Å²) in [5.74, 6) is 0.867. The Hall–Kier alpha value is -3.21. The van der Waals surface area contributed by atoms with Gasteiger partial charge in [-0.25, -0.2) is 4.98 Å². The van der Waals surface area contributed by atoms with E-state index in [-0.39, 0.29) is 0 Å². The first-order valence-corrected chi connectivity index (χ1v) is 7.95. The van der Waals surface area contributed by atoms with E-state index >= 15 is 0 Å². The Morgan fingerprint density at radius 3 is 2.67 bits per heavy atom. The zero-order valence-corrected chi connectivity index (χ0v) is 13.3. The lowest BCUT2D eigenvalue weighted by Gasteiger charge is -2.11. The van der Waals surface area contributed by atoms with Gasteiger partial charge in [0.1, 0.15) is 5.82 Å². The van der Waals surface area contributed by atoms with E-state index in [0.717, 1.165) is 40.4 Å². The number of hydrogen-bond donors (Lipinski definition) is 1. The third-order valence-electron chi connectivity index (χ3n) is 3.93. The summed E-state index contributed by atoms with van der Waals surface area (Å²) in [6.45, 7) is 2.11. The Labute approximate surface area is 140 Å². The number of fused-ring (bicyclic) bond motifs is 1. The van der Waals surface area contributed by atoms with Gasteiger partial charge in [0.2, 0.25) is 0 Å². The lowest BCUT2D eigenvalue weighted by Crippen LogP contribution is -2.03. The van der Waals surface area contributed by atoms with Crippen LogP contribution in [0.4, 0.5) is 11.5 Å². The van der Waals surface area contributed by atoms with Gasteiger partial charge in [0.25, 0.3) is 0 Å². The maximum Gasteiger partial charge on any atom is 0.161 e. The maximum atomic E-state index is 4.82. The van der Waals surface area contributed by atoms with Crippen molar-refractivity contribution in [3.8, 4) is 11.3 Å². The fraction of sp³-hybridized carbons (Fsp3) is 0.105. The molecular formula is C19H17N5. The van der Waals surface area contributed by atoms with Gasteiger partial charge in [-0.2, -0.15) is 9.61 Å². The standard InChI is InChI=1S/C19H17N5/c1-2-14-12-21-24-18(22-16-9-6-10-20-13-16)11-17(23-19(14)24)15-7-4-3-5-8-15/h3-13,22H,2H2,1H3. The van der Waals surface area contributed by atoms with E-state index in [1.54, 1.807) is 12.4 Å². The van der Waals surface area contributed by atoms with Gasteiger partial charge in [-0.3, -0.25) is 4.98 Å². The minimum absolute atomic E-state index is 0.867. The van der Waals surface area contributed by atoms with Gasteiger partial charge in [0, 0.05) is 23.4 Å². The molecule has 0 saturated carbocycles. The largest absolute Gasteiger partial charge is 0.339 e. The van der Waals surface area contributed by atoms with E-state index < -0.39 is 0 Å². The molecule has 3 heterocycles. The van der Waals surface area contributed by atoms with Gasteiger partial charge in [-0.15, -0.1) is 0 Å². The molecule has 0 radical (unpaired) electrons. The highest BCUT2D eigenvalue weighted by Crippen LogP contribution is 2.25. The topological polar surface area (TPSA) is 55.1 Å². The first-order valence-electron chi connectivity index (χ1n) is 7.95. The molecule has 0 fully saturated rings. The molecular weight excluding hydrogens is 298 g/mol. The van der Waals surface area contributed by atoms with Crippen LogP contribution in [0.5, 0.6) is 0 Å². The average Bonchev–Trinajstić information content (AvgIpc) is 3.07. The number of aromatic nitrogens is 4. The van der Waals surface area contributed by atoms with Crippen LogP contribution >= 0.6 is 0 Å². The number of benzene rings is 1. The molecule has 4 rings (SSSR count). The summed E-state index contributed by atoms with van der Waals surface area (Å²) in [4.78, 5) is 8.98. The molecule has 1 aromatic carbocycles. The Bertz CT molecular complexity index is 961. The second-order valence-electron chi connectivity index (χ2n) is 5.52. The van der Waals surface area contributed by atoms with Crippen LogP contribution in [0.15, 0.2) is 67.1 Å². The zero-order chi connectivity index (χ0) is 16.4. The summed E-state index contributed by atoms with van der Waals surface area (Å²) in [7, 11) is 0. The second-order valence-corrected chi connectivity index (χ2v) is 5.52. The van der Waals surface area contributed by atoms with Gasteiger partial charge >= 0.3 is 0 Å². The minimum Gasteiger partial charge on any atom is -0.339 e. The monoisotopic (exact) mass is 315 g/mol. The lowest BCUT2D eigenvalue weighted by atomic mass is 10.1. The fourth-order valence-corrected chi connectivity index (χ4v) is 2.69. The molecule has 0 aliphatic rings. The molecule has 24 heavy (non-hydrogen) atoms. The van der Waals surface area contributed by atoms with Crippen LogP contribution in [0, 0.1) is 0 Å². The third kappa shape index (κ3) is 2.60. The highest BCUT2D eigenvalue weighted by molar-refractivity contribution is 5.70. The van der Waals surface area contributed by atoms with E-state index in [4.69, 9.17) is 4.98 Å². The van der Waals surface area contributed by atoms with Crippen molar-refractivity contribution in [3.63, 3.8) is 0 Å². The molecule has 0 unspecified atom stereocenters. The lowest BCUT2D eigenvalue weighted by molar-refractivity contribution is 0.948. The first-order chi connectivity index (χ1) is 11.8. The normalized spacial score (nSPS) is 10.9. The summed E-state index contributed by atoms with van der Waals surface area (Å²) in [5, 5.41) is 7.88. The first kappa shape index (κ1) is 14.4. The van der Waals surface area contributed by atoms with E-state index in [9.17, 15) is 0 Å².